The molecule has 1 aliphatic heterocycles. The Morgan fingerprint density at radius 2 is 2.18 bits per heavy atom. The average molecular weight is 481 g/mol. The lowest BCUT2D eigenvalue weighted by atomic mass is 10.1. The Kier molecular flexibility index (Phi) is 5.62. The van der Waals surface area contributed by atoms with E-state index in [1.807, 2.05) is 0 Å². The molecule has 4 heterocycles. The van der Waals surface area contributed by atoms with Crippen molar-refractivity contribution < 1.29 is 14.0 Å². The number of benzene rings is 1. The van der Waals surface area contributed by atoms with Crippen LogP contribution in [-0.2, 0) is 4.79 Å². The highest BCUT2D eigenvalue weighted by atomic mass is 35.5. The first kappa shape index (κ1) is 21.8. The molecule has 12 heteroatoms. The molecule has 1 saturated heterocycles. The standard InChI is InChI=1S/C22H21ClN8O3/c1-2-4-16(32)30-8-3-5-13(10-30)31-20-17(19(24)25-11-26-20)18(29-31)21(33)28-22-27-14-9-12(23)6-7-15(14)34-22/h2,4,6-7,9,11,13H,3,5,8,10H2,1H3,(H2,24,25,26)(H,27,28,33)/b4-2+. The van der Waals surface area contributed by atoms with Gasteiger partial charge in [-0.05, 0) is 44.0 Å². The van der Waals surface area contributed by atoms with E-state index in [2.05, 4.69) is 25.4 Å². The van der Waals surface area contributed by atoms with E-state index < -0.39 is 5.91 Å². The largest absolute Gasteiger partial charge is 0.423 e. The average Bonchev–Trinajstić information content (AvgIpc) is 3.41. The number of hydrogen-bond donors (Lipinski definition) is 2. The first-order chi connectivity index (χ1) is 16.4. The zero-order chi connectivity index (χ0) is 23.8. The highest BCUT2D eigenvalue weighted by Crippen LogP contribution is 2.29. The SMILES string of the molecule is C/C=C/C(=O)N1CCCC(n2nc(C(=O)Nc3nc4cc(Cl)ccc4o3)c3c(N)ncnc32)C1. The lowest BCUT2D eigenvalue weighted by Gasteiger charge is -2.32. The molecule has 2 amide bonds. The second-order valence-electron chi connectivity index (χ2n) is 7.92. The second kappa shape index (κ2) is 8.75. The minimum atomic E-state index is -0.569. The smallest absolute Gasteiger partial charge is 0.302 e. The Labute approximate surface area is 198 Å². The highest BCUT2D eigenvalue weighted by Gasteiger charge is 2.29. The van der Waals surface area contributed by atoms with Crippen LogP contribution < -0.4 is 11.1 Å². The molecule has 0 spiro atoms. The van der Waals surface area contributed by atoms with Gasteiger partial charge >= 0.3 is 6.01 Å². The quantitative estimate of drug-likeness (QED) is 0.423. The Bertz CT molecular complexity index is 1440. The van der Waals surface area contributed by atoms with Crippen LogP contribution in [0, 0.1) is 0 Å². The van der Waals surface area contributed by atoms with Gasteiger partial charge in [0.25, 0.3) is 5.91 Å². The van der Waals surface area contributed by atoms with E-state index >= 15 is 0 Å². The summed E-state index contributed by atoms with van der Waals surface area (Å²) in [5, 5.41) is 8.01. The van der Waals surface area contributed by atoms with Crippen molar-refractivity contribution >= 4 is 57.4 Å². The van der Waals surface area contributed by atoms with Crippen molar-refractivity contribution in [3.8, 4) is 0 Å². The first-order valence-electron chi connectivity index (χ1n) is 10.7. The number of carbonyl (C=O) groups is 2. The lowest BCUT2D eigenvalue weighted by Crippen LogP contribution is -2.40. The van der Waals surface area contributed by atoms with Gasteiger partial charge in [-0.2, -0.15) is 10.1 Å². The number of piperidine rings is 1. The van der Waals surface area contributed by atoms with Crippen LogP contribution in [0.15, 0.2) is 41.1 Å². The van der Waals surface area contributed by atoms with Gasteiger partial charge in [0.05, 0.1) is 11.4 Å². The topological polar surface area (TPSA) is 145 Å². The maximum Gasteiger partial charge on any atom is 0.302 e. The van der Waals surface area contributed by atoms with Crippen molar-refractivity contribution in [1.29, 1.82) is 0 Å². The van der Waals surface area contributed by atoms with E-state index in [0.29, 0.717) is 40.2 Å². The monoisotopic (exact) mass is 480 g/mol. The molecular formula is C22H21ClN8O3. The van der Waals surface area contributed by atoms with Crippen molar-refractivity contribution in [1.82, 2.24) is 29.6 Å². The fraction of sp³-hybridized carbons (Fsp3) is 0.273. The van der Waals surface area contributed by atoms with E-state index in [1.54, 1.807) is 40.8 Å². The van der Waals surface area contributed by atoms with Gasteiger partial charge in [-0.3, -0.25) is 14.9 Å². The number of nitrogens with one attached hydrogen (secondary N) is 1. The fourth-order valence-corrected chi connectivity index (χ4v) is 4.29. The number of nitrogens with two attached hydrogens (primary N) is 1. The van der Waals surface area contributed by atoms with Crippen LogP contribution >= 0.6 is 11.6 Å². The molecule has 34 heavy (non-hydrogen) atoms. The number of hydrogen-bond acceptors (Lipinski definition) is 8. The molecule has 0 radical (unpaired) electrons. The Morgan fingerprint density at radius 3 is 3.00 bits per heavy atom. The number of amides is 2. The van der Waals surface area contributed by atoms with Gasteiger partial charge in [0.2, 0.25) is 5.91 Å². The molecule has 1 aliphatic rings. The van der Waals surface area contributed by atoms with E-state index in [9.17, 15) is 9.59 Å². The van der Waals surface area contributed by atoms with E-state index in [0.717, 1.165) is 12.8 Å². The number of oxazole rings is 1. The van der Waals surface area contributed by atoms with Gasteiger partial charge in [0, 0.05) is 18.1 Å². The Morgan fingerprint density at radius 1 is 1.32 bits per heavy atom. The number of aromatic nitrogens is 5. The highest BCUT2D eigenvalue weighted by molar-refractivity contribution is 6.31. The van der Waals surface area contributed by atoms with Gasteiger partial charge in [0.1, 0.15) is 17.7 Å². The fourth-order valence-electron chi connectivity index (χ4n) is 4.12. The zero-order valence-electron chi connectivity index (χ0n) is 18.2. The van der Waals surface area contributed by atoms with Crippen LogP contribution in [-0.4, -0.2) is 54.5 Å². The van der Waals surface area contributed by atoms with Crippen molar-refractivity contribution in [3.63, 3.8) is 0 Å². The number of nitrogen functional groups attached to an aromatic ring is 1. The number of anilines is 2. The molecule has 1 atom stereocenters. The Hall–Kier alpha value is -3.99. The molecule has 174 valence electrons. The molecule has 1 unspecified atom stereocenters. The summed E-state index contributed by atoms with van der Waals surface area (Å²) in [6.07, 6.45) is 6.14. The maximum atomic E-state index is 13.2. The van der Waals surface area contributed by atoms with Crippen LogP contribution in [0.25, 0.3) is 22.1 Å². The summed E-state index contributed by atoms with van der Waals surface area (Å²) in [6.45, 7) is 2.90. The van der Waals surface area contributed by atoms with Gasteiger partial charge in [-0.15, -0.1) is 0 Å². The summed E-state index contributed by atoms with van der Waals surface area (Å²) in [6, 6.07) is 4.80. The number of allylic oxidation sites excluding steroid dienone is 1. The summed E-state index contributed by atoms with van der Waals surface area (Å²) in [5.74, 6) is -0.504. The normalized spacial score (nSPS) is 16.5. The maximum absolute atomic E-state index is 13.2. The molecule has 1 aromatic carbocycles. The molecule has 5 rings (SSSR count). The summed E-state index contributed by atoms with van der Waals surface area (Å²) >= 11 is 6.00. The molecule has 11 nitrogen and oxygen atoms in total. The molecule has 1 fully saturated rings. The number of fused-ring (bicyclic) bond motifs is 2. The van der Waals surface area contributed by atoms with Gasteiger partial charge < -0.3 is 15.1 Å². The number of nitrogens with zero attached hydrogens (tertiary/aromatic N) is 6. The van der Waals surface area contributed by atoms with Gasteiger partial charge in [0.15, 0.2) is 16.9 Å². The third-order valence-corrected chi connectivity index (χ3v) is 5.90. The molecule has 4 aromatic rings. The Balaban J connectivity index is 1.49. The number of halogens is 1. The van der Waals surface area contributed by atoms with Crippen molar-refractivity contribution in [2.24, 2.45) is 0 Å². The third-order valence-electron chi connectivity index (χ3n) is 5.67. The third kappa shape index (κ3) is 3.94. The van der Waals surface area contributed by atoms with Crippen LogP contribution in [0.3, 0.4) is 0 Å². The second-order valence-corrected chi connectivity index (χ2v) is 8.35. The van der Waals surface area contributed by atoms with Crippen LogP contribution in [0.5, 0.6) is 0 Å². The van der Waals surface area contributed by atoms with Crippen molar-refractivity contribution in [3.05, 3.63) is 47.4 Å². The molecule has 0 bridgehead atoms. The summed E-state index contributed by atoms with van der Waals surface area (Å²) in [5.41, 5.74) is 7.57. The van der Waals surface area contributed by atoms with Gasteiger partial charge in [-0.1, -0.05) is 17.7 Å². The van der Waals surface area contributed by atoms with Crippen molar-refractivity contribution in [2.45, 2.75) is 25.8 Å². The minimum absolute atomic E-state index is 0.00109. The number of likely N-dealkylation sites (tertiary alicyclic amines) is 1. The van der Waals surface area contributed by atoms with Crippen LogP contribution in [0.2, 0.25) is 5.02 Å². The number of carbonyl (C=O) groups excluding carboxylic acids is 2. The number of rotatable bonds is 4. The summed E-state index contributed by atoms with van der Waals surface area (Å²) in [7, 11) is 0. The molecule has 3 aromatic heterocycles. The van der Waals surface area contributed by atoms with Crippen molar-refractivity contribution in [2.75, 3.05) is 24.1 Å². The predicted molar refractivity (Wildman–Crippen MR) is 126 cm³/mol. The predicted octanol–water partition coefficient (Wildman–Crippen LogP) is 3.20. The first-order valence-corrected chi connectivity index (χ1v) is 11.1. The molecule has 0 saturated carbocycles. The van der Waals surface area contributed by atoms with E-state index in [4.69, 9.17) is 21.8 Å². The van der Waals surface area contributed by atoms with Crippen LogP contribution in [0.4, 0.5) is 11.8 Å². The van der Waals surface area contributed by atoms with Gasteiger partial charge in [-0.25, -0.2) is 14.6 Å². The van der Waals surface area contributed by atoms with Crippen LogP contribution in [0.1, 0.15) is 36.3 Å². The molecule has 0 aliphatic carbocycles. The lowest BCUT2D eigenvalue weighted by molar-refractivity contribution is -0.127. The summed E-state index contributed by atoms with van der Waals surface area (Å²) < 4.78 is 7.25. The zero-order valence-corrected chi connectivity index (χ0v) is 19.0. The van der Waals surface area contributed by atoms with E-state index in [1.165, 1.54) is 12.4 Å². The van der Waals surface area contributed by atoms with E-state index in [-0.39, 0.29) is 29.5 Å². The summed E-state index contributed by atoms with van der Waals surface area (Å²) in [4.78, 5) is 39.9. The molecular weight excluding hydrogens is 460 g/mol. The minimum Gasteiger partial charge on any atom is -0.423 e. The molecule has 3 N–H and O–H groups in total.